The fourth-order valence-electron chi connectivity index (χ4n) is 2.54. The zero-order valence-corrected chi connectivity index (χ0v) is 15.2. The third-order valence-corrected chi connectivity index (χ3v) is 4.24. The smallest absolute Gasteiger partial charge is 0.339 e. The molecule has 0 radical (unpaired) electrons. The average Bonchev–Trinajstić information content (AvgIpc) is 3.15. The molecule has 0 aliphatic rings. The molecule has 0 N–H and O–H groups in total. The van der Waals surface area contributed by atoms with E-state index in [1.54, 1.807) is 36.4 Å². The fraction of sp³-hybridized carbons (Fsp3) is 0.0526. The second-order valence-corrected chi connectivity index (χ2v) is 6.42. The maximum atomic E-state index is 12.5. The van der Waals surface area contributed by atoms with Crippen molar-refractivity contribution in [1.29, 1.82) is 0 Å². The van der Waals surface area contributed by atoms with E-state index in [0.29, 0.717) is 27.4 Å². The van der Waals surface area contributed by atoms with Gasteiger partial charge >= 0.3 is 5.97 Å². The van der Waals surface area contributed by atoms with Crippen LogP contribution in [-0.2, 0) is 11.3 Å². The number of hydrogen-bond acceptors (Lipinski definition) is 6. The first kappa shape index (κ1) is 17.5. The van der Waals surface area contributed by atoms with E-state index in [4.69, 9.17) is 32.4 Å². The van der Waals surface area contributed by atoms with Gasteiger partial charge in [0.05, 0.1) is 11.1 Å². The molecule has 0 saturated heterocycles. The highest BCUT2D eigenvalue weighted by atomic mass is 35.5. The Kier molecular flexibility index (Phi) is 4.75. The fourth-order valence-corrected chi connectivity index (χ4v) is 2.86. The highest BCUT2D eigenvalue weighted by Gasteiger charge is 2.16. The molecule has 2 heterocycles. The summed E-state index contributed by atoms with van der Waals surface area (Å²) >= 11 is 11.9. The lowest BCUT2D eigenvalue weighted by Gasteiger charge is -2.06. The van der Waals surface area contributed by atoms with Gasteiger partial charge in [0, 0.05) is 16.0 Å². The number of para-hydroxylation sites is 1. The Morgan fingerprint density at radius 2 is 1.81 bits per heavy atom. The molecule has 0 saturated carbocycles. The Bertz CT molecular complexity index is 1130. The van der Waals surface area contributed by atoms with E-state index < -0.39 is 5.97 Å². The van der Waals surface area contributed by atoms with Crippen LogP contribution in [-0.4, -0.2) is 21.2 Å². The molecule has 2 aromatic carbocycles. The van der Waals surface area contributed by atoms with Gasteiger partial charge in [-0.2, -0.15) is 0 Å². The number of aromatic nitrogens is 3. The number of rotatable bonds is 4. The van der Waals surface area contributed by atoms with Crippen molar-refractivity contribution in [1.82, 2.24) is 15.2 Å². The van der Waals surface area contributed by atoms with E-state index in [0.717, 1.165) is 5.56 Å². The molecule has 0 fully saturated rings. The minimum absolute atomic E-state index is 0.159. The molecule has 0 amide bonds. The first-order valence-electron chi connectivity index (χ1n) is 7.91. The highest BCUT2D eigenvalue weighted by molar-refractivity contribution is 6.30. The van der Waals surface area contributed by atoms with E-state index >= 15 is 0 Å². The lowest BCUT2D eigenvalue weighted by molar-refractivity contribution is 0.0441. The van der Waals surface area contributed by atoms with Crippen molar-refractivity contribution in [2.75, 3.05) is 0 Å². The Morgan fingerprint density at radius 1 is 1.04 bits per heavy atom. The molecule has 134 valence electrons. The average molecular weight is 400 g/mol. The maximum Gasteiger partial charge on any atom is 0.339 e. The van der Waals surface area contributed by atoms with Crippen LogP contribution in [0.25, 0.3) is 22.4 Å². The van der Waals surface area contributed by atoms with Gasteiger partial charge in [0.15, 0.2) is 6.61 Å². The van der Waals surface area contributed by atoms with Crippen LogP contribution < -0.4 is 0 Å². The summed E-state index contributed by atoms with van der Waals surface area (Å²) in [4.78, 5) is 16.7. The number of benzene rings is 2. The zero-order chi connectivity index (χ0) is 18.8. The molecule has 2 aromatic heterocycles. The Morgan fingerprint density at radius 3 is 2.63 bits per heavy atom. The largest absolute Gasteiger partial charge is 0.452 e. The maximum absolute atomic E-state index is 12.5. The van der Waals surface area contributed by atoms with Crippen LogP contribution in [0.5, 0.6) is 0 Å². The standard InChI is InChI=1S/C19H11Cl2N3O3/c20-12-7-5-11(6-8-12)18-24-23-17(27-18)10-26-19(25)14-9-16(21)22-15-4-2-1-3-13(14)15/h1-9H,10H2. The molecular formula is C19H11Cl2N3O3. The van der Waals surface area contributed by atoms with Gasteiger partial charge in [-0.05, 0) is 36.4 Å². The summed E-state index contributed by atoms with van der Waals surface area (Å²) in [6.45, 7) is -0.159. The third-order valence-electron chi connectivity index (χ3n) is 3.79. The number of carbonyl (C=O) groups is 1. The lowest BCUT2D eigenvalue weighted by Crippen LogP contribution is -2.07. The van der Waals surface area contributed by atoms with Crippen LogP contribution in [0.1, 0.15) is 16.2 Å². The predicted octanol–water partition coefficient (Wildman–Crippen LogP) is 4.95. The molecule has 6 nitrogen and oxygen atoms in total. The van der Waals surface area contributed by atoms with Crippen molar-refractivity contribution in [3.05, 3.63) is 76.2 Å². The van der Waals surface area contributed by atoms with E-state index in [9.17, 15) is 4.79 Å². The number of ether oxygens (including phenoxy) is 1. The minimum atomic E-state index is -0.554. The van der Waals surface area contributed by atoms with E-state index in [-0.39, 0.29) is 17.7 Å². The van der Waals surface area contributed by atoms with E-state index in [1.807, 2.05) is 12.1 Å². The second kappa shape index (κ2) is 7.34. The monoisotopic (exact) mass is 399 g/mol. The molecule has 0 atom stereocenters. The molecule has 0 spiro atoms. The Hall–Kier alpha value is -2.96. The van der Waals surface area contributed by atoms with Gasteiger partial charge in [0.1, 0.15) is 5.15 Å². The van der Waals surface area contributed by atoms with Crippen LogP contribution in [0.2, 0.25) is 10.2 Å². The van der Waals surface area contributed by atoms with Crippen molar-refractivity contribution in [2.24, 2.45) is 0 Å². The van der Waals surface area contributed by atoms with E-state index in [1.165, 1.54) is 6.07 Å². The summed E-state index contributed by atoms with van der Waals surface area (Å²) in [5.74, 6) is -0.0605. The number of esters is 1. The number of pyridine rings is 1. The number of carbonyl (C=O) groups excluding carboxylic acids is 1. The van der Waals surface area contributed by atoms with Crippen molar-refractivity contribution >= 4 is 40.1 Å². The number of halogens is 2. The first-order valence-corrected chi connectivity index (χ1v) is 8.66. The highest BCUT2D eigenvalue weighted by Crippen LogP contribution is 2.23. The Balaban J connectivity index is 1.51. The Labute approximate surface area is 163 Å². The van der Waals surface area contributed by atoms with Crippen LogP contribution in [0.4, 0.5) is 0 Å². The SMILES string of the molecule is O=C(OCc1nnc(-c2ccc(Cl)cc2)o1)c1cc(Cl)nc2ccccc12. The lowest BCUT2D eigenvalue weighted by atomic mass is 10.1. The molecule has 27 heavy (non-hydrogen) atoms. The van der Waals surface area contributed by atoms with Gasteiger partial charge in [-0.25, -0.2) is 9.78 Å². The normalized spacial score (nSPS) is 10.9. The minimum Gasteiger partial charge on any atom is -0.452 e. The molecule has 0 bridgehead atoms. The predicted molar refractivity (Wildman–Crippen MR) is 101 cm³/mol. The number of nitrogens with zero attached hydrogens (tertiary/aromatic N) is 3. The third kappa shape index (κ3) is 3.77. The van der Waals surface area contributed by atoms with Gasteiger partial charge in [0.25, 0.3) is 5.89 Å². The molecule has 4 aromatic rings. The molecule has 8 heteroatoms. The van der Waals surface area contributed by atoms with Crippen molar-refractivity contribution < 1.29 is 13.9 Å². The zero-order valence-electron chi connectivity index (χ0n) is 13.7. The van der Waals surface area contributed by atoms with Gasteiger partial charge in [-0.15, -0.1) is 10.2 Å². The van der Waals surface area contributed by atoms with Crippen molar-refractivity contribution in [3.8, 4) is 11.5 Å². The van der Waals surface area contributed by atoms with Crippen molar-refractivity contribution in [3.63, 3.8) is 0 Å². The van der Waals surface area contributed by atoms with Gasteiger partial charge in [0.2, 0.25) is 5.89 Å². The quantitative estimate of drug-likeness (QED) is 0.356. The molecule has 0 unspecified atom stereocenters. The summed E-state index contributed by atoms with van der Waals surface area (Å²) in [7, 11) is 0. The van der Waals surface area contributed by atoms with Crippen LogP contribution in [0, 0.1) is 0 Å². The summed E-state index contributed by atoms with van der Waals surface area (Å²) < 4.78 is 10.8. The topological polar surface area (TPSA) is 78.1 Å². The van der Waals surface area contributed by atoms with Crippen molar-refractivity contribution in [2.45, 2.75) is 6.61 Å². The van der Waals surface area contributed by atoms with E-state index in [2.05, 4.69) is 15.2 Å². The van der Waals surface area contributed by atoms with Gasteiger partial charge in [-0.1, -0.05) is 41.4 Å². The van der Waals surface area contributed by atoms with Gasteiger partial charge < -0.3 is 9.15 Å². The summed E-state index contributed by atoms with van der Waals surface area (Å²) in [6, 6.07) is 15.6. The van der Waals surface area contributed by atoms with Gasteiger partial charge in [-0.3, -0.25) is 0 Å². The second-order valence-electron chi connectivity index (χ2n) is 5.59. The first-order chi connectivity index (χ1) is 13.1. The van der Waals surface area contributed by atoms with Crippen LogP contribution >= 0.6 is 23.2 Å². The summed E-state index contributed by atoms with van der Waals surface area (Å²) in [5.41, 5.74) is 1.65. The van der Waals surface area contributed by atoms with Crippen LogP contribution in [0.15, 0.2) is 59.0 Å². The summed E-state index contributed by atoms with van der Waals surface area (Å²) in [5, 5.41) is 9.31. The molecule has 4 rings (SSSR count). The molecular weight excluding hydrogens is 389 g/mol. The molecule has 0 aliphatic heterocycles. The molecule has 0 aliphatic carbocycles. The number of hydrogen-bond donors (Lipinski definition) is 0. The van der Waals surface area contributed by atoms with Crippen LogP contribution in [0.3, 0.4) is 0 Å². The number of fused-ring (bicyclic) bond motifs is 1. The summed E-state index contributed by atoms with van der Waals surface area (Å²) in [6.07, 6.45) is 0.